The van der Waals surface area contributed by atoms with Gasteiger partial charge in [0.25, 0.3) is 0 Å². The van der Waals surface area contributed by atoms with E-state index in [4.69, 9.17) is 11.6 Å². The summed E-state index contributed by atoms with van der Waals surface area (Å²) in [7, 11) is 0. The Morgan fingerprint density at radius 3 is 3.00 bits per heavy atom. The van der Waals surface area contributed by atoms with Crippen molar-refractivity contribution >= 4 is 17.5 Å². The molecule has 2 nitrogen and oxygen atoms in total. The summed E-state index contributed by atoms with van der Waals surface area (Å²) < 4.78 is 0. The Bertz CT molecular complexity index is 306. The van der Waals surface area contributed by atoms with Gasteiger partial charge in [0.05, 0.1) is 0 Å². The topological polar surface area (TPSA) is 29.1 Å². The number of fused-ring (bicyclic) bond motifs is 6. The van der Waals surface area contributed by atoms with E-state index in [-0.39, 0.29) is 17.3 Å². The Morgan fingerprint density at radius 2 is 2.19 bits per heavy atom. The van der Waals surface area contributed by atoms with Crippen molar-refractivity contribution in [3.05, 3.63) is 0 Å². The van der Waals surface area contributed by atoms with Gasteiger partial charge in [-0.2, -0.15) is 0 Å². The maximum atomic E-state index is 11.6. The van der Waals surface area contributed by atoms with Gasteiger partial charge in [-0.1, -0.05) is 12.8 Å². The number of alkyl halides is 1. The van der Waals surface area contributed by atoms with Crippen LogP contribution in [0.4, 0.5) is 0 Å². The lowest BCUT2D eigenvalue weighted by atomic mass is 9.61. The number of nitrogens with one attached hydrogen (secondary N) is 1. The largest absolute Gasteiger partial charge is 0.349 e. The van der Waals surface area contributed by atoms with Crippen LogP contribution in [-0.4, -0.2) is 17.3 Å². The summed E-state index contributed by atoms with van der Waals surface area (Å²) in [5.41, 5.74) is 0.127. The molecule has 0 saturated heterocycles. The zero-order valence-electron chi connectivity index (χ0n) is 9.68. The standard InChI is InChI=1S/C13H20ClNO/c14-8-12(16)15-13-5-1-2-10(7-13)9-3-4-11(13)6-9/h9-11H,1-8H2,(H,15,16). The number of hydrogen-bond donors (Lipinski definition) is 1. The smallest absolute Gasteiger partial charge is 0.235 e. The van der Waals surface area contributed by atoms with Gasteiger partial charge in [0.1, 0.15) is 5.88 Å². The zero-order chi connectivity index (χ0) is 11.2. The van der Waals surface area contributed by atoms with E-state index >= 15 is 0 Å². The molecule has 3 aliphatic carbocycles. The number of amides is 1. The molecule has 4 atom stereocenters. The highest BCUT2D eigenvalue weighted by Crippen LogP contribution is 2.56. The molecule has 0 aromatic rings. The third kappa shape index (κ3) is 1.57. The third-order valence-electron chi connectivity index (χ3n) is 5.26. The van der Waals surface area contributed by atoms with Crippen molar-refractivity contribution in [3.8, 4) is 0 Å². The van der Waals surface area contributed by atoms with Crippen molar-refractivity contribution in [1.82, 2.24) is 5.32 Å². The molecule has 1 amide bonds. The first-order chi connectivity index (χ1) is 7.73. The predicted octanol–water partition coefficient (Wildman–Crippen LogP) is 2.70. The van der Waals surface area contributed by atoms with Gasteiger partial charge in [-0.05, 0) is 49.9 Å². The predicted molar refractivity (Wildman–Crippen MR) is 64.4 cm³/mol. The van der Waals surface area contributed by atoms with Crippen LogP contribution in [0.3, 0.4) is 0 Å². The molecule has 3 saturated carbocycles. The van der Waals surface area contributed by atoms with Crippen LogP contribution in [0.25, 0.3) is 0 Å². The minimum Gasteiger partial charge on any atom is -0.349 e. The van der Waals surface area contributed by atoms with Gasteiger partial charge in [0.2, 0.25) is 5.91 Å². The van der Waals surface area contributed by atoms with Crippen LogP contribution in [0.2, 0.25) is 0 Å². The molecular formula is C13H20ClNO. The molecule has 0 aromatic heterocycles. The Labute approximate surface area is 102 Å². The molecule has 3 fully saturated rings. The van der Waals surface area contributed by atoms with E-state index in [1.807, 2.05) is 0 Å². The fourth-order valence-electron chi connectivity index (χ4n) is 4.60. The van der Waals surface area contributed by atoms with Gasteiger partial charge >= 0.3 is 0 Å². The summed E-state index contributed by atoms with van der Waals surface area (Å²) in [6.07, 6.45) is 9.16. The number of halogens is 1. The Hall–Kier alpha value is -0.240. The van der Waals surface area contributed by atoms with E-state index in [9.17, 15) is 4.79 Å². The molecule has 1 N–H and O–H groups in total. The van der Waals surface area contributed by atoms with Crippen LogP contribution in [0.5, 0.6) is 0 Å². The van der Waals surface area contributed by atoms with Crippen molar-refractivity contribution in [2.75, 3.05) is 5.88 Å². The zero-order valence-corrected chi connectivity index (χ0v) is 10.4. The summed E-state index contributed by atoms with van der Waals surface area (Å²) >= 11 is 5.63. The first kappa shape index (κ1) is 10.9. The molecule has 3 heteroatoms. The Balaban J connectivity index is 1.83. The molecule has 0 spiro atoms. The summed E-state index contributed by atoms with van der Waals surface area (Å²) in [6, 6.07) is 0. The van der Waals surface area contributed by atoms with Crippen LogP contribution >= 0.6 is 11.6 Å². The molecule has 0 radical (unpaired) electrons. The highest BCUT2D eigenvalue weighted by Gasteiger charge is 2.52. The minimum atomic E-state index is 0.0349. The van der Waals surface area contributed by atoms with Crippen molar-refractivity contribution in [2.45, 2.75) is 50.5 Å². The molecular weight excluding hydrogens is 222 g/mol. The monoisotopic (exact) mass is 241 g/mol. The number of carbonyl (C=O) groups excluding carboxylic acids is 1. The van der Waals surface area contributed by atoms with Gasteiger partial charge in [0.15, 0.2) is 0 Å². The molecule has 3 rings (SSSR count). The van der Waals surface area contributed by atoms with Crippen molar-refractivity contribution < 1.29 is 4.79 Å². The van der Waals surface area contributed by atoms with Crippen LogP contribution in [0.15, 0.2) is 0 Å². The number of rotatable bonds is 2. The van der Waals surface area contributed by atoms with Gasteiger partial charge in [-0.3, -0.25) is 4.79 Å². The summed E-state index contributed by atoms with van der Waals surface area (Å²) in [4.78, 5) is 11.6. The van der Waals surface area contributed by atoms with Crippen molar-refractivity contribution in [3.63, 3.8) is 0 Å². The highest BCUT2D eigenvalue weighted by molar-refractivity contribution is 6.27. The average Bonchev–Trinajstić information content (AvgIpc) is 2.75. The van der Waals surface area contributed by atoms with Crippen molar-refractivity contribution in [2.24, 2.45) is 17.8 Å². The maximum absolute atomic E-state index is 11.6. The Kier molecular flexibility index (Phi) is 2.66. The van der Waals surface area contributed by atoms with Crippen LogP contribution < -0.4 is 5.32 Å². The second kappa shape index (κ2) is 3.90. The SMILES string of the molecule is O=C(CCl)NC12CCCC(C1)C1CCC2C1. The van der Waals surface area contributed by atoms with Crippen LogP contribution in [-0.2, 0) is 4.79 Å². The van der Waals surface area contributed by atoms with E-state index in [2.05, 4.69) is 5.32 Å². The first-order valence-electron chi connectivity index (χ1n) is 6.60. The van der Waals surface area contributed by atoms with Gasteiger partial charge in [-0.25, -0.2) is 0 Å². The van der Waals surface area contributed by atoms with E-state index in [0.29, 0.717) is 0 Å². The fourth-order valence-corrected chi connectivity index (χ4v) is 4.66. The van der Waals surface area contributed by atoms with E-state index < -0.39 is 0 Å². The second-order valence-electron chi connectivity index (χ2n) is 5.96. The molecule has 90 valence electrons. The van der Waals surface area contributed by atoms with Gasteiger partial charge in [-0.15, -0.1) is 11.6 Å². The van der Waals surface area contributed by atoms with E-state index in [1.54, 1.807) is 0 Å². The maximum Gasteiger partial charge on any atom is 0.235 e. The molecule has 0 aromatic carbocycles. The molecule has 4 unspecified atom stereocenters. The minimum absolute atomic E-state index is 0.0349. The lowest BCUT2D eigenvalue weighted by Crippen LogP contribution is -2.58. The fraction of sp³-hybridized carbons (Fsp3) is 0.923. The molecule has 3 aliphatic rings. The van der Waals surface area contributed by atoms with Crippen LogP contribution in [0, 0.1) is 17.8 Å². The summed E-state index contributed by atoms with van der Waals surface area (Å²) in [5, 5.41) is 3.27. The number of hydrogen-bond acceptors (Lipinski definition) is 1. The highest BCUT2D eigenvalue weighted by atomic mass is 35.5. The van der Waals surface area contributed by atoms with Gasteiger partial charge < -0.3 is 5.32 Å². The molecule has 0 heterocycles. The molecule has 0 aliphatic heterocycles. The lowest BCUT2D eigenvalue weighted by molar-refractivity contribution is -0.122. The average molecular weight is 242 g/mol. The Morgan fingerprint density at radius 1 is 1.31 bits per heavy atom. The quantitative estimate of drug-likeness (QED) is 0.740. The van der Waals surface area contributed by atoms with E-state index in [1.165, 1.54) is 44.9 Å². The summed E-state index contributed by atoms with van der Waals surface area (Å²) in [6.45, 7) is 0. The van der Waals surface area contributed by atoms with Crippen molar-refractivity contribution in [1.29, 1.82) is 0 Å². The number of carbonyl (C=O) groups is 1. The molecule has 4 bridgehead atoms. The van der Waals surface area contributed by atoms with E-state index in [0.717, 1.165) is 17.8 Å². The van der Waals surface area contributed by atoms with Crippen LogP contribution in [0.1, 0.15) is 44.9 Å². The summed E-state index contributed by atoms with van der Waals surface area (Å²) in [5.74, 6) is 2.73. The van der Waals surface area contributed by atoms with Gasteiger partial charge in [0, 0.05) is 5.54 Å². The third-order valence-corrected chi connectivity index (χ3v) is 5.50. The lowest BCUT2D eigenvalue weighted by Gasteiger charge is -2.50. The second-order valence-corrected chi connectivity index (χ2v) is 6.23. The molecule has 16 heavy (non-hydrogen) atoms. The first-order valence-corrected chi connectivity index (χ1v) is 7.14. The normalized spacial score (nSPS) is 45.4.